The van der Waals surface area contributed by atoms with E-state index in [0.29, 0.717) is 28.1 Å². The number of alkyl halides is 5. The molecule has 302 valence electrons. The van der Waals surface area contributed by atoms with Crippen LogP contribution >= 0.6 is 0 Å². The van der Waals surface area contributed by atoms with E-state index in [4.69, 9.17) is 9.65 Å². The molecule has 1 aromatic heterocycles. The van der Waals surface area contributed by atoms with E-state index in [-0.39, 0.29) is 10.8 Å². The molecule has 0 bridgehead atoms. The van der Waals surface area contributed by atoms with Gasteiger partial charge in [0.05, 0.1) is 11.4 Å². The van der Waals surface area contributed by atoms with Crippen molar-refractivity contribution < 1.29 is 26.6 Å². The van der Waals surface area contributed by atoms with Crippen molar-refractivity contribution in [1.29, 1.82) is 0 Å². The van der Waals surface area contributed by atoms with Crippen molar-refractivity contribution in [1.82, 2.24) is 4.48 Å². The monoisotopic (exact) mass is 798 g/mol. The third-order valence-corrected chi connectivity index (χ3v) is 11.0. The first kappa shape index (κ1) is 41.6. The SMILES string of the molecule is CC(=C1N=C(c2ccc(C)cc2)c2ccccc21)c1c(-c2ccc(C(C)(C)C)cc2)cc(-c2ccc(C(C)(C)C)cc2)n1B(OCC(F)(F)C(F)(F)F)c1ccccc1. The predicted molar refractivity (Wildman–Crippen MR) is 233 cm³/mol. The highest BCUT2D eigenvalue weighted by atomic mass is 19.4. The van der Waals surface area contributed by atoms with Crippen molar-refractivity contribution in [3.8, 4) is 22.4 Å². The molecule has 0 atom stereocenters. The summed E-state index contributed by atoms with van der Waals surface area (Å²) >= 11 is 0. The summed E-state index contributed by atoms with van der Waals surface area (Å²) in [5, 5.41) is 0. The maximum atomic E-state index is 14.9. The number of hydrogen-bond donors (Lipinski definition) is 0. The largest absolute Gasteiger partial charge is 0.456 e. The van der Waals surface area contributed by atoms with Crippen LogP contribution in [0.3, 0.4) is 0 Å². The minimum absolute atomic E-state index is 0.129. The summed E-state index contributed by atoms with van der Waals surface area (Å²) in [5.74, 6) is -5.11. The molecule has 6 aromatic rings. The third-order valence-electron chi connectivity index (χ3n) is 11.0. The van der Waals surface area contributed by atoms with Gasteiger partial charge in [-0.25, -0.2) is 4.99 Å². The second-order valence-electron chi connectivity index (χ2n) is 17.4. The standard InChI is InChI=1S/C50H48BF5N2O/c1-32-18-20-36(21-19-32)45-41-17-13-12-16-40(41)44(57-45)33(2)46-42(34-22-26-37(27-23-34)47(3,4)5)30-43(35-24-28-38(29-25-35)48(6,7)8)58(46)51(39-14-10-9-11-15-39)59-31-49(52,53)50(54,55)56/h9-30H,31H2,1-8H3. The first-order valence-corrected chi connectivity index (χ1v) is 19.8. The molecule has 0 radical (unpaired) electrons. The van der Waals surface area contributed by atoms with Gasteiger partial charge in [-0.15, -0.1) is 0 Å². The molecule has 0 N–H and O–H groups in total. The van der Waals surface area contributed by atoms with Crippen molar-refractivity contribution in [2.24, 2.45) is 4.99 Å². The average Bonchev–Trinajstić information content (AvgIpc) is 3.78. The van der Waals surface area contributed by atoms with Gasteiger partial charge in [0.2, 0.25) is 0 Å². The van der Waals surface area contributed by atoms with Gasteiger partial charge in [0.15, 0.2) is 0 Å². The van der Waals surface area contributed by atoms with Gasteiger partial charge in [0.25, 0.3) is 0 Å². The van der Waals surface area contributed by atoms with Crippen molar-refractivity contribution in [2.45, 2.75) is 78.3 Å². The lowest BCUT2D eigenvalue weighted by molar-refractivity contribution is -0.290. The molecule has 3 nitrogen and oxygen atoms in total. The number of benzene rings is 5. The van der Waals surface area contributed by atoms with Crippen molar-refractivity contribution in [3.05, 3.63) is 173 Å². The topological polar surface area (TPSA) is 26.5 Å². The lowest BCUT2D eigenvalue weighted by atomic mass is 9.71. The molecule has 2 heterocycles. The van der Waals surface area contributed by atoms with Crippen LogP contribution in [-0.4, -0.2) is 35.9 Å². The summed E-state index contributed by atoms with van der Waals surface area (Å²) in [7, 11) is -1.41. The fourth-order valence-corrected chi connectivity index (χ4v) is 7.55. The Labute approximate surface area is 344 Å². The van der Waals surface area contributed by atoms with Crippen molar-refractivity contribution in [2.75, 3.05) is 6.61 Å². The predicted octanol–water partition coefficient (Wildman–Crippen LogP) is 12.9. The van der Waals surface area contributed by atoms with Crippen LogP contribution in [0.5, 0.6) is 0 Å². The molecule has 0 fully saturated rings. The lowest BCUT2D eigenvalue weighted by Gasteiger charge is -2.26. The van der Waals surface area contributed by atoms with E-state index in [1.54, 1.807) is 34.8 Å². The van der Waals surface area contributed by atoms with Gasteiger partial charge >= 0.3 is 19.1 Å². The Morgan fingerprint density at radius 2 is 1.12 bits per heavy atom. The zero-order chi connectivity index (χ0) is 42.5. The van der Waals surface area contributed by atoms with Gasteiger partial charge < -0.3 is 9.13 Å². The van der Waals surface area contributed by atoms with Crippen LogP contribution in [0.2, 0.25) is 0 Å². The summed E-state index contributed by atoms with van der Waals surface area (Å²) < 4.78 is 78.9. The molecular formula is C50H48BF5N2O. The molecule has 5 aromatic carbocycles. The normalized spacial score (nSPS) is 14.3. The van der Waals surface area contributed by atoms with Crippen LogP contribution < -0.4 is 5.46 Å². The van der Waals surface area contributed by atoms with Gasteiger partial charge in [-0.3, -0.25) is 0 Å². The van der Waals surface area contributed by atoms with E-state index in [1.807, 2.05) is 105 Å². The number of fused-ring (bicyclic) bond motifs is 1. The van der Waals surface area contributed by atoms with E-state index < -0.39 is 25.8 Å². The third kappa shape index (κ3) is 8.35. The van der Waals surface area contributed by atoms with Crippen molar-refractivity contribution in [3.63, 3.8) is 0 Å². The Bertz CT molecular complexity index is 2520. The second kappa shape index (κ2) is 15.6. The number of aliphatic imine (C=N–C) groups is 1. The van der Waals surface area contributed by atoms with E-state index >= 15 is 0 Å². The smallest absolute Gasteiger partial charge is 0.406 e. The summed E-state index contributed by atoms with van der Waals surface area (Å²) in [6.45, 7) is 14.8. The van der Waals surface area contributed by atoms with E-state index in [2.05, 4.69) is 53.7 Å². The van der Waals surface area contributed by atoms with Crippen LogP contribution in [0.4, 0.5) is 22.0 Å². The number of rotatable bonds is 9. The number of aromatic nitrogens is 1. The highest BCUT2D eigenvalue weighted by molar-refractivity contribution is 6.66. The maximum Gasteiger partial charge on any atom is 0.456 e. The number of allylic oxidation sites excluding steroid dienone is 1. The minimum atomic E-state index is -5.81. The molecule has 0 unspecified atom stereocenters. The fourth-order valence-electron chi connectivity index (χ4n) is 7.55. The van der Waals surface area contributed by atoms with Crippen LogP contribution in [-0.2, 0) is 15.5 Å². The summed E-state index contributed by atoms with van der Waals surface area (Å²) in [5.41, 5.74) is 11.8. The van der Waals surface area contributed by atoms with E-state index in [1.165, 1.54) is 0 Å². The zero-order valence-electron chi connectivity index (χ0n) is 34.7. The number of nitrogens with zero attached hydrogens (tertiary/aromatic N) is 2. The molecule has 0 aliphatic carbocycles. The van der Waals surface area contributed by atoms with Gasteiger partial charge in [-0.2, -0.15) is 22.0 Å². The highest BCUT2D eigenvalue weighted by Gasteiger charge is 2.58. The first-order chi connectivity index (χ1) is 27.7. The van der Waals surface area contributed by atoms with Gasteiger partial charge in [-0.05, 0) is 64.0 Å². The molecular weight excluding hydrogens is 750 g/mol. The van der Waals surface area contributed by atoms with Crippen molar-refractivity contribution >= 4 is 29.5 Å². The summed E-state index contributed by atoms with van der Waals surface area (Å²) in [6.07, 6.45) is -5.81. The second-order valence-corrected chi connectivity index (χ2v) is 17.4. The van der Waals surface area contributed by atoms with Crippen LogP contribution in [0.15, 0.2) is 138 Å². The Kier molecular flexibility index (Phi) is 11.0. The molecule has 1 aliphatic heterocycles. The molecule has 0 saturated carbocycles. The first-order valence-electron chi connectivity index (χ1n) is 19.8. The minimum Gasteiger partial charge on any atom is -0.406 e. The van der Waals surface area contributed by atoms with Crippen LogP contribution in [0.1, 0.15) is 87.5 Å². The zero-order valence-corrected chi connectivity index (χ0v) is 34.7. The summed E-state index contributed by atoms with van der Waals surface area (Å²) in [4.78, 5) is 5.30. The molecule has 0 spiro atoms. The molecule has 9 heteroatoms. The van der Waals surface area contributed by atoms with E-state index in [0.717, 1.165) is 55.8 Å². The Balaban J connectivity index is 1.58. The molecule has 0 amide bonds. The highest BCUT2D eigenvalue weighted by Crippen LogP contribution is 2.44. The number of aryl methyl sites for hydroxylation is 1. The molecule has 7 rings (SSSR count). The average molecular weight is 799 g/mol. The Morgan fingerprint density at radius 3 is 1.66 bits per heavy atom. The lowest BCUT2D eigenvalue weighted by Crippen LogP contribution is -2.48. The van der Waals surface area contributed by atoms with Gasteiger partial charge in [0.1, 0.15) is 6.61 Å². The number of hydrogen-bond acceptors (Lipinski definition) is 2. The molecule has 59 heavy (non-hydrogen) atoms. The quantitative estimate of drug-likeness (QED) is 0.106. The van der Waals surface area contributed by atoms with Gasteiger partial charge in [-0.1, -0.05) is 174 Å². The maximum absolute atomic E-state index is 14.9. The number of halogens is 5. The Morgan fingerprint density at radius 1 is 0.610 bits per heavy atom. The van der Waals surface area contributed by atoms with E-state index in [9.17, 15) is 22.0 Å². The molecule has 1 aliphatic rings. The Hall–Kier alpha value is -5.54. The van der Waals surface area contributed by atoms with Crippen LogP contribution in [0, 0.1) is 6.92 Å². The fraction of sp³-hybridized carbons (Fsp3) is 0.260. The van der Waals surface area contributed by atoms with Gasteiger partial charge in [0, 0.05) is 33.6 Å². The summed E-state index contributed by atoms with van der Waals surface area (Å²) in [6, 6.07) is 42.9. The van der Waals surface area contributed by atoms with Crippen LogP contribution in [0.25, 0.3) is 33.7 Å². The molecule has 0 saturated heterocycles.